The molecule has 1 aromatic carbocycles. The number of ether oxygens (including phenoxy) is 1. The van der Waals surface area contributed by atoms with Crippen LogP contribution in [0.5, 0.6) is 0 Å². The summed E-state index contributed by atoms with van der Waals surface area (Å²) in [5.74, 6) is 0. The number of hydrogen-bond acceptors (Lipinski definition) is 4. The second-order valence-corrected chi connectivity index (χ2v) is 5.33. The molecule has 114 valence electrons. The van der Waals surface area contributed by atoms with Crippen LogP contribution in [-0.4, -0.2) is 33.0 Å². The number of fused-ring (bicyclic) bond motifs is 1. The normalized spacial score (nSPS) is 12.7. The lowest BCUT2D eigenvalue weighted by atomic mass is 10.1. The molecule has 6 nitrogen and oxygen atoms in total. The number of aromatic nitrogens is 4. The third-order valence-electron chi connectivity index (χ3n) is 3.80. The van der Waals surface area contributed by atoms with Crippen LogP contribution >= 0.6 is 0 Å². The van der Waals surface area contributed by atoms with E-state index in [9.17, 15) is 4.79 Å². The molecule has 3 rings (SSSR count). The zero-order valence-corrected chi connectivity index (χ0v) is 12.9. The van der Waals surface area contributed by atoms with Crippen LogP contribution in [0.3, 0.4) is 0 Å². The van der Waals surface area contributed by atoms with Crippen molar-refractivity contribution in [3.05, 3.63) is 58.4 Å². The van der Waals surface area contributed by atoms with Gasteiger partial charge in [0.15, 0.2) is 0 Å². The largest absolute Gasteiger partial charge is 0.382 e. The molecule has 0 fully saturated rings. The summed E-state index contributed by atoms with van der Waals surface area (Å²) in [4.78, 5) is 17.2. The van der Waals surface area contributed by atoms with Gasteiger partial charge in [-0.25, -0.2) is 4.98 Å². The summed E-state index contributed by atoms with van der Waals surface area (Å²) < 4.78 is 8.66. The lowest BCUT2D eigenvalue weighted by Crippen LogP contribution is -2.30. The molecule has 22 heavy (non-hydrogen) atoms. The molecule has 0 spiro atoms. The molecule has 0 N–H and O–H groups in total. The fourth-order valence-corrected chi connectivity index (χ4v) is 2.65. The Balaban J connectivity index is 2.20. The highest BCUT2D eigenvalue weighted by Gasteiger charge is 2.19. The summed E-state index contributed by atoms with van der Waals surface area (Å²) in [6.45, 7) is 2.34. The van der Waals surface area contributed by atoms with Crippen molar-refractivity contribution in [3.8, 4) is 0 Å². The Morgan fingerprint density at radius 1 is 1.32 bits per heavy atom. The fourth-order valence-electron chi connectivity index (χ4n) is 2.65. The summed E-state index contributed by atoms with van der Waals surface area (Å²) in [7, 11) is 3.47. The second-order valence-electron chi connectivity index (χ2n) is 5.33. The molecule has 0 aliphatic rings. The van der Waals surface area contributed by atoms with Gasteiger partial charge < -0.3 is 4.74 Å². The molecule has 0 saturated carbocycles. The predicted octanol–water partition coefficient (Wildman–Crippen LogP) is 1.67. The van der Waals surface area contributed by atoms with Gasteiger partial charge in [-0.05, 0) is 25.1 Å². The highest BCUT2D eigenvalue weighted by Crippen LogP contribution is 2.17. The van der Waals surface area contributed by atoms with Gasteiger partial charge in [-0.3, -0.25) is 14.0 Å². The van der Waals surface area contributed by atoms with E-state index in [4.69, 9.17) is 4.74 Å². The van der Waals surface area contributed by atoms with Crippen molar-refractivity contribution in [1.82, 2.24) is 19.3 Å². The average molecular weight is 298 g/mol. The van der Waals surface area contributed by atoms with Crippen molar-refractivity contribution in [1.29, 1.82) is 0 Å². The van der Waals surface area contributed by atoms with Crippen molar-refractivity contribution < 1.29 is 4.74 Å². The fraction of sp³-hybridized carbons (Fsp3) is 0.312. The molecule has 2 aromatic heterocycles. The maximum Gasteiger partial charge on any atom is 0.261 e. The molecule has 0 unspecified atom stereocenters. The molecular formula is C16H18N4O2. The quantitative estimate of drug-likeness (QED) is 0.735. The van der Waals surface area contributed by atoms with Gasteiger partial charge >= 0.3 is 0 Å². The molecule has 6 heteroatoms. The van der Waals surface area contributed by atoms with Crippen molar-refractivity contribution in [2.75, 3.05) is 13.7 Å². The topological polar surface area (TPSA) is 61.9 Å². The lowest BCUT2D eigenvalue weighted by Gasteiger charge is -2.19. The maximum atomic E-state index is 12.8. The lowest BCUT2D eigenvalue weighted by molar-refractivity contribution is 0.164. The third-order valence-corrected chi connectivity index (χ3v) is 3.80. The van der Waals surface area contributed by atoms with Crippen LogP contribution in [0.2, 0.25) is 0 Å². The highest BCUT2D eigenvalue weighted by molar-refractivity contribution is 5.78. The number of benzene rings is 1. The van der Waals surface area contributed by atoms with Crippen LogP contribution in [0.25, 0.3) is 10.9 Å². The maximum absolute atomic E-state index is 12.8. The molecule has 0 saturated heterocycles. The van der Waals surface area contributed by atoms with E-state index in [1.54, 1.807) is 28.9 Å². The molecule has 0 bridgehead atoms. The first-order valence-corrected chi connectivity index (χ1v) is 7.06. The Labute approximate surface area is 128 Å². The van der Waals surface area contributed by atoms with E-state index >= 15 is 0 Å². The molecule has 0 aliphatic carbocycles. The smallest absolute Gasteiger partial charge is 0.261 e. The summed E-state index contributed by atoms with van der Waals surface area (Å²) in [6, 6.07) is 7.31. The first-order valence-electron chi connectivity index (χ1n) is 7.06. The molecule has 1 atom stereocenters. The van der Waals surface area contributed by atoms with Gasteiger partial charge in [0.1, 0.15) is 6.04 Å². The minimum Gasteiger partial charge on any atom is -0.382 e. The zero-order chi connectivity index (χ0) is 15.7. The number of methoxy groups -OCH3 is 1. The van der Waals surface area contributed by atoms with Crippen molar-refractivity contribution in [2.45, 2.75) is 13.0 Å². The van der Waals surface area contributed by atoms with E-state index in [-0.39, 0.29) is 11.6 Å². The summed E-state index contributed by atoms with van der Waals surface area (Å²) in [6.07, 6.45) is 3.29. The number of nitrogens with zero attached hydrogens (tertiary/aromatic N) is 4. The minimum absolute atomic E-state index is 0.0723. The van der Waals surface area contributed by atoms with E-state index in [1.165, 1.54) is 0 Å². The van der Waals surface area contributed by atoms with E-state index in [0.29, 0.717) is 17.5 Å². The van der Waals surface area contributed by atoms with E-state index in [1.807, 2.05) is 38.2 Å². The Bertz CT molecular complexity index is 866. The Morgan fingerprint density at radius 3 is 2.82 bits per heavy atom. The Kier molecular flexibility index (Phi) is 3.77. The molecule has 2 heterocycles. The number of rotatable bonds is 4. The standard InChI is InChI=1S/C16H18N4O2/c1-11-4-5-13-12(8-11)16(21)20(10-17-13)15(9-22-3)14-6-7-18-19(14)2/h4-8,10,15H,9H2,1-3H3/t15-/m1/s1. The monoisotopic (exact) mass is 298 g/mol. The molecule has 3 aromatic rings. The van der Waals surface area contributed by atoms with Crippen LogP contribution in [-0.2, 0) is 11.8 Å². The van der Waals surface area contributed by atoms with Gasteiger partial charge in [0.05, 0.1) is 29.5 Å². The van der Waals surface area contributed by atoms with E-state index in [2.05, 4.69) is 10.1 Å². The number of aryl methyl sites for hydroxylation is 2. The summed E-state index contributed by atoms with van der Waals surface area (Å²) in [5, 5.41) is 4.79. The number of hydrogen-bond donors (Lipinski definition) is 0. The van der Waals surface area contributed by atoms with Gasteiger partial charge in [0, 0.05) is 20.4 Å². The third kappa shape index (κ3) is 2.42. The van der Waals surface area contributed by atoms with Crippen LogP contribution < -0.4 is 5.56 Å². The zero-order valence-electron chi connectivity index (χ0n) is 12.9. The second kappa shape index (κ2) is 5.73. The highest BCUT2D eigenvalue weighted by atomic mass is 16.5. The van der Waals surface area contributed by atoms with Crippen LogP contribution in [0.4, 0.5) is 0 Å². The van der Waals surface area contributed by atoms with E-state index in [0.717, 1.165) is 11.3 Å². The van der Waals surface area contributed by atoms with Gasteiger partial charge in [-0.1, -0.05) is 11.6 Å². The van der Waals surface area contributed by atoms with Crippen LogP contribution in [0.1, 0.15) is 17.3 Å². The van der Waals surface area contributed by atoms with Gasteiger partial charge in [0.2, 0.25) is 0 Å². The average Bonchev–Trinajstić information content (AvgIpc) is 2.92. The molecule has 0 aliphatic heterocycles. The summed E-state index contributed by atoms with van der Waals surface area (Å²) in [5.41, 5.74) is 2.57. The van der Waals surface area contributed by atoms with Gasteiger partial charge in [0.25, 0.3) is 5.56 Å². The molecular weight excluding hydrogens is 280 g/mol. The Morgan fingerprint density at radius 2 is 2.14 bits per heavy atom. The van der Waals surface area contributed by atoms with Gasteiger partial charge in [-0.15, -0.1) is 0 Å². The van der Waals surface area contributed by atoms with E-state index < -0.39 is 0 Å². The first kappa shape index (κ1) is 14.5. The molecule has 0 amide bonds. The Hall–Kier alpha value is -2.47. The van der Waals surface area contributed by atoms with Crippen molar-refractivity contribution in [3.63, 3.8) is 0 Å². The molecule has 0 radical (unpaired) electrons. The van der Waals surface area contributed by atoms with Crippen molar-refractivity contribution in [2.24, 2.45) is 7.05 Å². The van der Waals surface area contributed by atoms with Crippen LogP contribution in [0, 0.1) is 6.92 Å². The van der Waals surface area contributed by atoms with Crippen LogP contribution in [0.15, 0.2) is 41.6 Å². The predicted molar refractivity (Wildman–Crippen MR) is 84.0 cm³/mol. The van der Waals surface area contributed by atoms with Crippen molar-refractivity contribution >= 4 is 10.9 Å². The minimum atomic E-state index is -0.262. The summed E-state index contributed by atoms with van der Waals surface area (Å²) >= 11 is 0. The van der Waals surface area contributed by atoms with Gasteiger partial charge in [-0.2, -0.15) is 5.10 Å². The SMILES string of the molecule is COC[C@H](c1ccnn1C)n1cnc2ccc(C)cc2c1=O. The first-order chi connectivity index (χ1) is 10.6.